The first-order chi connectivity index (χ1) is 10.1. The predicted octanol–water partition coefficient (Wildman–Crippen LogP) is 3.45. The molecule has 0 saturated heterocycles. The molecule has 4 nitrogen and oxygen atoms in total. The van der Waals surface area contributed by atoms with Crippen LogP contribution in [0.4, 0.5) is 5.69 Å². The molecular weight excluding hydrogens is 322 g/mol. The second-order valence-electron chi connectivity index (χ2n) is 4.97. The normalized spacial score (nSPS) is 15.6. The van der Waals surface area contributed by atoms with Crippen LogP contribution in [0.3, 0.4) is 0 Å². The summed E-state index contributed by atoms with van der Waals surface area (Å²) in [5.41, 5.74) is 2.13. The molecule has 1 atom stereocenters. The summed E-state index contributed by atoms with van der Waals surface area (Å²) in [4.78, 5) is 17.1. The first-order valence-corrected chi connectivity index (χ1v) is 9.51. The smallest absolute Gasteiger partial charge is 0.234 e. The Hall–Kier alpha value is -0.890. The minimum Gasteiger partial charge on any atom is -0.324 e. The molecule has 21 heavy (non-hydrogen) atoms. The van der Waals surface area contributed by atoms with E-state index in [1.807, 2.05) is 6.92 Å². The van der Waals surface area contributed by atoms with Gasteiger partial charge >= 0.3 is 0 Å². The molecule has 2 aromatic heterocycles. The number of carbonyl (C=O) groups excluding carboxylic acids is 1. The number of anilines is 1. The zero-order valence-corrected chi connectivity index (χ0v) is 14.4. The van der Waals surface area contributed by atoms with Crippen LogP contribution >= 0.6 is 34.4 Å². The van der Waals surface area contributed by atoms with Crippen LogP contribution in [-0.4, -0.2) is 23.2 Å². The number of thioether (sulfide) groups is 1. The van der Waals surface area contributed by atoms with E-state index in [0.29, 0.717) is 5.75 Å². The van der Waals surface area contributed by atoms with Crippen LogP contribution in [0.1, 0.15) is 28.5 Å². The van der Waals surface area contributed by atoms with Gasteiger partial charge in [-0.25, -0.2) is 4.98 Å². The molecule has 0 bridgehead atoms. The van der Waals surface area contributed by atoms with Crippen molar-refractivity contribution in [3.05, 3.63) is 27.0 Å². The highest BCUT2D eigenvalue weighted by atomic mass is 32.2. The lowest BCUT2D eigenvalue weighted by Crippen LogP contribution is -2.20. The van der Waals surface area contributed by atoms with Gasteiger partial charge < -0.3 is 10.6 Å². The summed E-state index contributed by atoms with van der Waals surface area (Å²) in [7, 11) is 0. The number of hydrogen-bond donors (Lipinski definition) is 2. The summed E-state index contributed by atoms with van der Waals surface area (Å²) < 4.78 is 1.22. The van der Waals surface area contributed by atoms with E-state index >= 15 is 0 Å². The third-order valence-electron chi connectivity index (χ3n) is 3.25. The lowest BCUT2D eigenvalue weighted by Gasteiger charge is -2.11. The largest absolute Gasteiger partial charge is 0.324 e. The zero-order valence-electron chi connectivity index (χ0n) is 11.9. The van der Waals surface area contributed by atoms with Crippen LogP contribution in [0.5, 0.6) is 0 Å². The van der Waals surface area contributed by atoms with Crippen LogP contribution in [-0.2, 0) is 11.2 Å². The van der Waals surface area contributed by atoms with Crippen molar-refractivity contribution in [1.82, 2.24) is 10.3 Å². The van der Waals surface area contributed by atoms with Crippen molar-refractivity contribution in [2.24, 2.45) is 0 Å². The summed E-state index contributed by atoms with van der Waals surface area (Å²) in [5, 5.41) is 9.71. The van der Waals surface area contributed by atoms with E-state index in [1.165, 1.54) is 9.09 Å². The van der Waals surface area contributed by atoms with Gasteiger partial charge in [0.25, 0.3) is 0 Å². The fraction of sp³-hybridized carbons (Fsp3) is 0.429. The molecule has 2 aromatic rings. The summed E-state index contributed by atoms with van der Waals surface area (Å²) in [5.74, 6) is 0.620. The van der Waals surface area contributed by atoms with Crippen molar-refractivity contribution in [2.75, 3.05) is 17.6 Å². The Morgan fingerprint density at radius 3 is 3.14 bits per heavy atom. The number of nitrogens with one attached hydrogen (secondary N) is 2. The van der Waals surface area contributed by atoms with E-state index < -0.39 is 0 Å². The number of hydrogen-bond acceptors (Lipinski definition) is 6. The molecule has 2 N–H and O–H groups in total. The zero-order chi connectivity index (χ0) is 14.8. The van der Waals surface area contributed by atoms with E-state index in [9.17, 15) is 4.79 Å². The van der Waals surface area contributed by atoms with E-state index in [1.54, 1.807) is 34.4 Å². The number of carbonyl (C=O) groups is 1. The lowest BCUT2D eigenvalue weighted by molar-refractivity contribution is -0.113. The second kappa shape index (κ2) is 6.48. The maximum absolute atomic E-state index is 11.4. The Morgan fingerprint density at radius 1 is 1.52 bits per heavy atom. The number of nitrogens with zero attached hydrogens (tertiary/aromatic N) is 1. The fourth-order valence-electron chi connectivity index (χ4n) is 2.16. The van der Waals surface area contributed by atoms with Gasteiger partial charge in [-0.05, 0) is 19.9 Å². The SMILES string of the molecule is Cc1nc(CCN[C@@H](C)c2cc3c(s2)SCC(=O)N3)cs1. The van der Waals surface area contributed by atoms with Gasteiger partial charge in [-0.2, -0.15) is 0 Å². The van der Waals surface area contributed by atoms with Gasteiger partial charge in [0.2, 0.25) is 5.91 Å². The number of aryl methyl sites for hydroxylation is 1. The van der Waals surface area contributed by atoms with Crippen LogP contribution in [0.25, 0.3) is 0 Å². The average Bonchev–Trinajstić information content (AvgIpc) is 3.04. The molecule has 0 spiro atoms. The van der Waals surface area contributed by atoms with Gasteiger partial charge in [-0.15, -0.1) is 34.4 Å². The first-order valence-electron chi connectivity index (χ1n) is 6.82. The molecule has 0 aromatic carbocycles. The Morgan fingerprint density at radius 2 is 2.38 bits per heavy atom. The molecule has 1 aliphatic rings. The molecule has 7 heteroatoms. The summed E-state index contributed by atoms with van der Waals surface area (Å²) in [6, 6.07) is 2.38. The van der Waals surface area contributed by atoms with Gasteiger partial charge in [0.15, 0.2) is 0 Å². The third-order valence-corrected chi connectivity index (χ3v) is 6.68. The average molecular weight is 340 g/mol. The van der Waals surface area contributed by atoms with E-state index in [-0.39, 0.29) is 11.9 Å². The van der Waals surface area contributed by atoms with E-state index in [2.05, 4.69) is 34.0 Å². The topological polar surface area (TPSA) is 54.0 Å². The van der Waals surface area contributed by atoms with Crippen molar-refractivity contribution >= 4 is 46.0 Å². The molecule has 3 heterocycles. The van der Waals surface area contributed by atoms with Gasteiger partial charge in [-0.1, -0.05) is 0 Å². The summed E-state index contributed by atoms with van der Waals surface area (Å²) >= 11 is 5.09. The fourth-order valence-corrected chi connectivity index (χ4v) is 4.98. The first kappa shape index (κ1) is 15.0. The number of rotatable bonds is 5. The Bertz CT molecular complexity index is 650. The molecule has 0 saturated carbocycles. The van der Waals surface area contributed by atoms with Crippen LogP contribution in [0, 0.1) is 6.92 Å². The standard InChI is InChI=1S/C14H17N3OS3/c1-8(15-4-3-10-6-19-9(2)16-10)12-5-11-14(21-12)20-7-13(18)17-11/h5-6,8,15H,3-4,7H2,1-2H3,(H,17,18)/t8-/m0/s1. The van der Waals surface area contributed by atoms with Crippen molar-refractivity contribution in [2.45, 2.75) is 30.5 Å². The monoisotopic (exact) mass is 339 g/mol. The molecule has 1 amide bonds. The maximum Gasteiger partial charge on any atom is 0.234 e. The maximum atomic E-state index is 11.4. The minimum atomic E-state index is 0.0939. The van der Waals surface area contributed by atoms with E-state index in [0.717, 1.165) is 29.4 Å². The predicted molar refractivity (Wildman–Crippen MR) is 90.6 cm³/mol. The highest BCUT2D eigenvalue weighted by Crippen LogP contribution is 2.40. The van der Waals surface area contributed by atoms with Gasteiger partial charge in [0, 0.05) is 29.3 Å². The Labute approximate surface area is 136 Å². The van der Waals surface area contributed by atoms with Gasteiger partial charge in [0.1, 0.15) is 0 Å². The number of aromatic nitrogens is 1. The minimum absolute atomic E-state index is 0.0939. The molecule has 112 valence electrons. The van der Waals surface area contributed by atoms with Gasteiger partial charge in [0.05, 0.1) is 26.4 Å². The molecular formula is C14H17N3OS3. The van der Waals surface area contributed by atoms with Crippen molar-refractivity contribution in [1.29, 1.82) is 0 Å². The highest BCUT2D eigenvalue weighted by molar-refractivity contribution is 8.02. The molecule has 3 rings (SSSR count). The molecule has 0 unspecified atom stereocenters. The van der Waals surface area contributed by atoms with Crippen molar-refractivity contribution in [3.63, 3.8) is 0 Å². The van der Waals surface area contributed by atoms with Crippen LogP contribution < -0.4 is 10.6 Å². The number of amides is 1. The van der Waals surface area contributed by atoms with Crippen molar-refractivity contribution < 1.29 is 4.79 Å². The third kappa shape index (κ3) is 3.66. The molecule has 0 radical (unpaired) electrons. The molecule has 0 aliphatic carbocycles. The lowest BCUT2D eigenvalue weighted by atomic mass is 10.2. The molecule has 0 fully saturated rings. The van der Waals surface area contributed by atoms with Gasteiger partial charge in [-0.3, -0.25) is 4.79 Å². The number of thiazole rings is 1. The quantitative estimate of drug-likeness (QED) is 0.876. The molecule has 1 aliphatic heterocycles. The van der Waals surface area contributed by atoms with Crippen LogP contribution in [0.15, 0.2) is 15.7 Å². The number of fused-ring (bicyclic) bond motifs is 1. The Kier molecular flexibility index (Phi) is 4.63. The van der Waals surface area contributed by atoms with Crippen LogP contribution in [0.2, 0.25) is 0 Å². The number of thiophene rings is 1. The summed E-state index contributed by atoms with van der Waals surface area (Å²) in [6.45, 7) is 5.11. The Balaban J connectivity index is 1.55. The van der Waals surface area contributed by atoms with Crippen molar-refractivity contribution in [3.8, 4) is 0 Å². The van der Waals surface area contributed by atoms with E-state index in [4.69, 9.17) is 0 Å². The highest BCUT2D eigenvalue weighted by Gasteiger charge is 2.20. The summed E-state index contributed by atoms with van der Waals surface area (Å²) in [6.07, 6.45) is 0.950. The second-order valence-corrected chi connectivity index (χ2v) is 8.36.